The Morgan fingerprint density at radius 2 is 1.50 bits per heavy atom. The van der Waals surface area contributed by atoms with Gasteiger partial charge in [-0.3, -0.25) is 0 Å². The van der Waals surface area contributed by atoms with Gasteiger partial charge in [0, 0.05) is 12.8 Å². The van der Waals surface area contributed by atoms with Gasteiger partial charge in [0.25, 0.3) is 9.84 Å². The number of nitrogens with zero attached hydrogens (tertiary/aromatic N) is 1. The molecule has 22 heavy (non-hydrogen) atoms. The maximum absolute atomic E-state index is 13.3. The van der Waals surface area contributed by atoms with E-state index in [1.54, 1.807) is 0 Å². The SMILES string of the molecule is CC(F)C(F)(F)S(=O)(=O)C(Cl)(C#N)CCC(F)(F)C(F)(F)F. The summed E-state index contributed by atoms with van der Waals surface area (Å²) in [6, 6.07) is 0.534. The molecule has 130 valence electrons. The van der Waals surface area contributed by atoms with Crippen LogP contribution in [0.15, 0.2) is 0 Å². The molecule has 13 heteroatoms. The van der Waals surface area contributed by atoms with E-state index in [1.165, 1.54) is 0 Å². The minimum atomic E-state index is -6.22. The zero-order chi connectivity index (χ0) is 18.2. The van der Waals surface area contributed by atoms with E-state index in [2.05, 4.69) is 0 Å². The van der Waals surface area contributed by atoms with Gasteiger partial charge in [-0.25, -0.2) is 12.8 Å². The lowest BCUT2D eigenvalue weighted by molar-refractivity contribution is -0.284. The minimum absolute atomic E-state index is 0.0938. The molecule has 0 amide bonds. The van der Waals surface area contributed by atoms with Gasteiger partial charge in [-0.2, -0.15) is 36.0 Å². The Bertz CT molecular complexity index is 553. The first-order valence-electron chi connectivity index (χ1n) is 5.27. The van der Waals surface area contributed by atoms with E-state index >= 15 is 0 Å². The molecule has 0 aromatic rings. The highest BCUT2D eigenvalue weighted by Gasteiger charge is 2.64. The number of rotatable bonds is 6. The van der Waals surface area contributed by atoms with E-state index in [-0.39, 0.29) is 6.92 Å². The number of nitriles is 1. The number of hydrogen-bond donors (Lipinski definition) is 0. The first-order chi connectivity index (χ1) is 9.46. The second kappa shape index (κ2) is 5.99. The molecule has 2 atom stereocenters. The molecule has 0 heterocycles. The molecule has 0 bridgehead atoms. The largest absolute Gasteiger partial charge is 0.453 e. The molecule has 0 radical (unpaired) electrons. The number of alkyl halides is 9. The van der Waals surface area contributed by atoms with E-state index in [0.717, 1.165) is 0 Å². The molecular weight excluding hydrogens is 374 g/mol. The van der Waals surface area contributed by atoms with Crippen molar-refractivity contribution in [3.63, 3.8) is 0 Å². The minimum Gasteiger partial charge on any atom is -0.240 e. The zero-order valence-corrected chi connectivity index (χ0v) is 12.1. The van der Waals surface area contributed by atoms with Crippen LogP contribution in [0.2, 0.25) is 0 Å². The lowest BCUT2D eigenvalue weighted by atomic mass is 10.1. The molecule has 0 saturated carbocycles. The van der Waals surface area contributed by atoms with Gasteiger partial charge in [0.2, 0.25) is 4.21 Å². The van der Waals surface area contributed by atoms with Gasteiger partial charge >= 0.3 is 17.4 Å². The van der Waals surface area contributed by atoms with E-state index in [9.17, 15) is 43.5 Å². The molecule has 0 aliphatic rings. The molecule has 0 N–H and O–H groups in total. The number of halogens is 9. The molecule has 0 rings (SSSR count). The van der Waals surface area contributed by atoms with Crippen molar-refractivity contribution in [3.8, 4) is 6.07 Å². The highest BCUT2D eigenvalue weighted by Crippen LogP contribution is 2.45. The molecule has 2 unspecified atom stereocenters. The highest BCUT2D eigenvalue weighted by atomic mass is 35.5. The predicted octanol–water partition coefficient (Wildman–Crippen LogP) is 3.79. The van der Waals surface area contributed by atoms with Crippen LogP contribution in [0.5, 0.6) is 0 Å². The van der Waals surface area contributed by atoms with E-state index in [4.69, 9.17) is 16.9 Å². The smallest absolute Gasteiger partial charge is 0.240 e. The summed E-state index contributed by atoms with van der Waals surface area (Å²) in [5, 5.41) is 3.28. The van der Waals surface area contributed by atoms with Crippen LogP contribution in [0.3, 0.4) is 0 Å². The van der Waals surface area contributed by atoms with Gasteiger partial charge in [0.05, 0.1) is 0 Å². The molecule has 0 spiro atoms. The lowest BCUT2D eigenvalue weighted by Gasteiger charge is -2.28. The van der Waals surface area contributed by atoms with Crippen LogP contribution in [-0.4, -0.2) is 36.1 Å². The van der Waals surface area contributed by atoms with Gasteiger partial charge in [-0.1, -0.05) is 11.6 Å². The van der Waals surface area contributed by atoms with Crippen molar-refractivity contribution in [3.05, 3.63) is 0 Å². The molecular formula is C9H8ClF8NO2S. The van der Waals surface area contributed by atoms with Crippen LogP contribution in [-0.2, 0) is 9.84 Å². The molecule has 0 aliphatic carbocycles. The fraction of sp³-hybridized carbons (Fsp3) is 0.889. The second-order valence-corrected chi connectivity index (χ2v) is 7.34. The third-order valence-electron chi connectivity index (χ3n) is 2.59. The summed E-state index contributed by atoms with van der Waals surface area (Å²) in [7, 11) is -6.22. The van der Waals surface area contributed by atoms with Gasteiger partial charge < -0.3 is 0 Å². The van der Waals surface area contributed by atoms with Crippen molar-refractivity contribution in [2.75, 3.05) is 0 Å². The zero-order valence-electron chi connectivity index (χ0n) is 10.6. The summed E-state index contributed by atoms with van der Waals surface area (Å²) >= 11 is 5.00. The normalized spacial score (nSPS) is 18.4. The standard InChI is InChI=1S/C9H8ClF8NO2S/c1-5(11)8(14,15)22(20,21)6(10,4-19)2-3-7(12,13)9(16,17)18/h5H,2-3H2,1H3. The third kappa shape index (κ3) is 3.56. The first kappa shape index (κ1) is 21.2. The predicted molar refractivity (Wildman–Crippen MR) is 58.9 cm³/mol. The molecule has 0 aromatic heterocycles. The lowest BCUT2D eigenvalue weighted by Crippen LogP contribution is -2.49. The summed E-state index contributed by atoms with van der Waals surface area (Å²) < 4.78 is 119. The summed E-state index contributed by atoms with van der Waals surface area (Å²) in [5.74, 6) is -5.46. The Kier molecular flexibility index (Phi) is 5.77. The van der Waals surface area contributed by atoms with Crippen LogP contribution >= 0.6 is 11.6 Å². The highest BCUT2D eigenvalue weighted by molar-refractivity contribution is 7.95. The summed E-state index contributed by atoms with van der Waals surface area (Å²) in [6.07, 6.45) is -13.8. The van der Waals surface area contributed by atoms with Crippen LogP contribution < -0.4 is 0 Å². The van der Waals surface area contributed by atoms with Gasteiger partial charge in [-0.15, -0.1) is 0 Å². The van der Waals surface area contributed by atoms with Gasteiger partial charge in [0.15, 0.2) is 6.17 Å². The van der Waals surface area contributed by atoms with Crippen molar-refractivity contribution in [1.82, 2.24) is 0 Å². The fourth-order valence-corrected chi connectivity index (χ4v) is 2.89. The number of hydrogen-bond acceptors (Lipinski definition) is 3. The average molecular weight is 382 g/mol. The molecule has 0 fully saturated rings. The van der Waals surface area contributed by atoms with E-state index in [1.807, 2.05) is 0 Å². The maximum atomic E-state index is 13.3. The quantitative estimate of drug-likeness (QED) is 0.519. The van der Waals surface area contributed by atoms with Gasteiger partial charge in [0.1, 0.15) is 6.07 Å². The van der Waals surface area contributed by atoms with Crippen molar-refractivity contribution >= 4 is 21.4 Å². The molecule has 0 saturated heterocycles. The van der Waals surface area contributed by atoms with E-state index < -0.39 is 50.4 Å². The third-order valence-corrected chi connectivity index (χ3v) is 5.66. The monoisotopic (exact) mass is 381 g/mol. The molecule has 0 aromatic carbocycles. The van der Waals surface area contributed by atoms with Crippen LogP contribution in [0.1, 0.15) is 19.8 Å². The Hall–Kier alpha value is -0.830. The van der Waals surface area contributed by atoms with Crippen molar-refractivity contribution in [2.45, 2.75) is 47.5 Å². The average Bonchev–Trinajstić information content (AvgIpc) is 2.33. The maximum Gasteiger partial charge on any atom is 0.453 e. The first-order valence-corrected chi connectivity index (χ1v) is 7.13. The Labute approximate surface area is 124 Å². The van der Waals surface area contributed by atoms with Crippen molar-refractivity contribution < 1.29 is 43.5 Å². The van der Waals surface area contributed by atoms with Crippen LogP contribution in [0, 0.1) is 11.3 Å². The summed E-state index contributed by atoms with van der Waals surface area (Å²) in [6.45, 7) is 0.0938. The fourth-order valence-electron chi connectivity index (χ4n) is 1.14. The second-order valence-electron chi connectivity index (χ2n) is 4.22. The van der Waals surface area contributed by atoms with Crippen LogP contribution in [0.4, 0.5) is 35.1 Å². The van der Waals surface area contributed by atoms with Gasteiger partial charge in [-0.05, 0) is 6.92 Å². The Morgan fingerprint density at radius 1 is 1.09 bits per heavy atom. The molecule has 0 aliphatic heterocycles. The summed E-state index contributed by atoms with van der Waals surface area (Å²) in [5.41, 5.74) is 0. The van der Waals surface area contributed by atoms with Crippen LogP contribution in [0.25, 0.3) is 0 Å². The number of sulfone groups is 1. The molecule has 3 nitrogen and oxygen atoms in total. The van der Waals surface area contributed by atoms with Crippen molar-refractivity contribution in [1.29, 1.82) is 5.26 Å². The topological polar surface area (TPSA) is 57.9 Å². The van der Waals surface area contributed by atoms with Crippen molar-refractivity contribution in [2.24, 2.45) is 0 Å². The Morgan fingerprint density at radius 3 is 1.77 bits per heavy atom. The van der Waals surface area contributed by atoms with E-state index in [0.29, 0.717) is 6.07 Å². The Balaban J connectivity index is 5.64. The summed E-state index contributed by atoms with van der Waals surface area (Å²) in [4.78, 5) is 0.